The standard InChI is InChI=1S/C15H28N2O4/c1-9(2)11(8-18)16-13(19)12(10(3)4)17-14(20)21-15(5,6)7/h8-12H,1-7H3,(H,16,19)(H,17,20)/t11?,12-/m0/s1. The van der Waals surface area contributed by atoms with E-state index in [9.17, 15) is 14.4 Å². The van der Waals surface area contributed by atoms with Crippen LogP contribution in [-0.4, -0.2) is 36.0 Å². The van der Waals surface area contributed by atoms with Crippen molar-refractivity contribution in [2.75, 3.05) is 0 Å². The highest BCUT2D eigenvalue weighted by molar-refractivity contribution is 5.87. The highest BCUT2D eigenvalue weighted by Crippen LogP contribution is 2.09. The Bertz CT molecular complexity index is 372. The smallest absolute Gasteiger partial charge is 0.408 e. The Morgan fingerprint density at radius 1 is 1.00 bits per heavy atom. The third kappa shape index (κ3) is 7.68. The summed E-state index contributed by atoms with van der Waals surface area (Å²) in [4.78, 5) is 35.0. The molecule has 0 bridgehead atoms. The number of carbonyl (C=O) groups is 3. The Labute approximate surface area is 127 Å². The van der Waals surface area contributed by atoms with Crippen molar-refractivity contribution in [1.82, 2.24) is 10.6 Å². The van der Waals surface area contributed by atoms with Crippen molar-refractivity contribution >= 4 is 18.3 Å². The number of ether oxygens (including phenoxy) is 1. The summed E-state index contributed by atoms with van der Waals surface area (Å²) in [6.45, 7) is 12.5. The number of aldehydes is 1. The summed E-state index contributed by atoms with van der Waals surface area (Å²) in [6.07, 6.45) is 0.0523. The van der Waals surface area contributed by atoms with E-state index in [0.29, 0.717) is 6.29 Å². The van der Waals surface area contributed by atoms with E-state index in [4.69, 9.17) is 4.74 Å². The van der Waals surface area contributed by atoms with Crippen LogP contribution in [-0.2, 0) is 14.3 Å². The summed E-state index contributed by atoms with van der Waals surface area (Å²) in [5, 5.41) is 5.19. The first kappa shape index (κ1) is 19.4. The lowest BCUT2D eigenvalue weighted by Crippen LogP contribution is -2.54. The number of hydrogen-bond donors (Lipinski definition) is 2. The van der Waals surface area contributed by atoms with Crippen molar-refractivity contribution in [3.63, 3.8) is 0 Å². The fraction of sp³-hybridized carbons (Fsp3) is 0.800. The zero-order chi connectivity index (χ0) is 16.8. The molecule has 0 saturated heterocycles. The molecule has 0 aliphatic carbocycles. The van der Waals surface area contributed by atoms with Crippen LogP contribution in [0.4, 0.5) is 4.79 Å². The van der Waals surface area contributed by atoms with E-state index in [1.54, 1.807) is 20.8 Å². The molecule has 0 aromatic carbocycles. The molecule has 0 radical (unpaired) electrons. The van der Waals surface area contributed by atoms with Gasteiger partial charge in [-0.3, -0.25) is 4.79 Å². The summed E-state index contributed by atoms with van der Waals surface area (Å²) in [5.74, 6) is -0.528. The first-order chi connectivity index (χ1) is 9.47. The quantitative estimate of drug-likeness (QED) is 0.733. The number of nitrogens with one attached hydrogen (secondary N) is 2. The first-order valence-electron chi connectivity index (χ1n) is 7.23. The second-order valence-electron chi connectivity index (χ2n) is 6.78. The van der Waals surface area contributed by atoms with Gasteiger partial charge in [0.15, 0.2) is 0 Å². The molecule has 6 heteroatoms. The monoisotopic (exact) mass is 300 g/mol. The minimum absolute atomic E-state index is 0.0132. The predicted octanol–water partition coefficient (Wildman–Crippen LogP) is 1.88. The van der Waals surface area contributed by atoms with E-state index in [1.807, 2.05) is 27.7 Å². The molecule has 2 atom stereocenters. The number of hydrogen-bond acceptors (Lipinski definition) is 4. The van der Waals surface area contributed by atoms with Gasteiger partial charge in [0, 0.05) is 0 Å². The number of amides is 2. The molecule has 122 valence electrons. The fourth-order valence-corrected chi connectivity index (χ4v) is 1.58. The molecule has 0 aliphatic rings. The van der Waals surface area contributed by atoms with Crippen LogP contribution in [0.15, 0.2) is 0 Å². The van der Waals surface area contributed by atoms with E-state index in [0.717, 1.165) is 0 Å². The number of rotatable bonds is 6. The van der Waals surface area contributed by atoms with E-state index in [2.05, 4.69) is 10.6 Å². The molecule has 0 saturated carbocycles. The molecular formula is C15H28N2O4. The lowest BCUT2D eigenvalue weighted by Gasteiger charge is -2.26. The summed E-state index contributed by atoms with van der Waals surface area (Å²) < 4.78 is 5.15. The van der Waals surface area contributed by atoms with Gasteiger partial charge in [-0.15, -0.1) is 0 Å². The molecule has 0 aromatic rings. The molecule has 0 heterocycles. The van der Waals surface area contributed by atoms with Gasteiger partial charge in [-0.05, 0) is 32.6 Å². The Hall–Kier alpha value is -1.59. The van der Waals surface area contributed by atoms with Gasteiger partial charge in [0.1, 0.15) is 17.9 Å². The van der Waals surface area contributed by atoms with Crippen LogP contribution in [0.25, 0.3) is 0 Å². The van der Waals surface area contributed by atoms with Gasteiger partial charge < -0.3 is 20.2 Å². The van der Waals surface area contributed by atoms with Crippen molar-refractivity contribution in [2.45, 2.75) is 66.2 Å². The molecule has 6 nitrogen and oxygen atoms in total. The van der Waals surface area contributed by atoms with Crippen molar-refractivity contribution in [3.8, 4) is 0 Å². The Kier molecular flexibility index (Phi) is 7.39. The van der Waals surface area contributed by atoms with E-state index < -0.39 is 23.8 Å². The van der Waals surface area contributed by atoms with Crippen LogP contribution in [0.2, 0.25) is 0 Å². The normalized spacial score (nSPS) is 14.5. The SMILES string of the molecule is CC(C)C(C=O)NC(=O)[C@@H](NC(=O)OC(C)(C)C)C(C)C. The Balaban J connectivity index is 4.79. The zero-order valence-corrected chi connectivity index (χ0v) is 14.0. The van der Waals surface area contributed by atoms with Crippen molar-refractivity contribution in [2.24, 2.45) is 11.8 Å². The van der Waals surface area contributed by atoms with Crippen LogP contribution in [0.1, 0.15) is 48.5 Å². The maximum absolute atomic E-state index is 12.2. The minimum Gasteiger partial charge on any atom is -0.444 e. The fourth-order valence-electron chi connectivity index (χ4n) is 1.58. The maximum atomic E-state index is 12.2. The lowest BCUT2D eigenvalue weighted by atomic mass is 10.0. The van der Waals surface area contributed by atoms with Gasteiger partial charge >= 0.3 is 6.09 Å². The van der Waals surface area contributed by atoms with Crippen LogP contribution < -0.4 is 10.6 Å². The Morgan fingerprint density at radius 2 is 1.52 bits per heavy atom. The molecule has 0 fully saturated rings. The topological polar surface area (TPSA) is 84.5 Å². The summed E-state index contributed by atoms with van der Waals surface area (Å²) in [7, 11) is 0. The van der Waals surface area contributed by atoms with Crippen LogP contribution in [0, 0.1) is 11.8 Å². The summed E-state index contributed by atoms with van der Waals surface area (Å²) >= 11 is 0. The summed E-state index contributed by atoms with van der Waals surface area (Å²) in [5.41, 5.74) is -0.634. The lowest BCUT2D eigenvalue weighted by molar-refractivity contribution is -0.127. The average molecular weight is 300 g/mol. The molecule has 0 aromatic heterocycles. The van der Waals surface area contributed by atoms with Gasteiger partial charge in [-0.2, -0.15) is 0 Å². The van der Waals surface area contributed by atoms with Gasteiger partial charge in [0.05, 0.1) is 6.04 Å². The van der Waals surface area contributed by atoms with E-state index in [1.165, 1.54) is 0 Å². The molecular weight excluding hydrogens is 272 g/mol. The minimum atomic E-state index is -0.749. The van der Waals surface area contributed by atoms with Gasteiger partial charge in [0.25, 0.3) is 0 Å². The molecule has 0 aliphatic heterocycles. The molecule has 2 N–H and O–H groups in total. The second-order valence-corrected chi connectivity index (χ2v) is 6.78. The zero-order valence-electron chi connectivity index (χ0n) is 14.0. The maximum Gasteiger partial charge on any atom is 0.408 e. The predicted molar refractivity (Wildman–Crippen MR) is 80.8 cm³/mol. The van der Waals surface area contributed by atoms with Gasteiger partial charge in [0.2, 0.25) is 5.91 Å². The molecule has 0 spiro atoms. The van der Waals surface area contributed by atoms with E-state index >= 15 is 0 Å². The van der Waals surface area contributed by atoms with Crippen molar-refractivity contribution in [1.29, 1.82) is 0 Å². The third-order valence-corrected chi connectivity index (χ3v) is 2.80. The number of carbonyl (C=O) groups excluding carboxylic acids is 3. The van der Waals surface area contributed by atoms with Crippen LogP contribution in [0.3, 0.4) is 0 Å². The van der Waals surface area contributed by atoms with Crippen LogP contribution >= 0.6 is 0 Å². The summed E-state index contributed by atoms with van der Waals surface area (Å²) in [6, 6.07) is -1.32. The first-order valence-corrected chi connectivity index (χ1v) is 7.23. The van der Waals surface area contributed by atoms with E-state index in [-0.39, 0.29) is 17.7 Å². The highest BCUT2D eigenvalue weighted by Gasteiger charge is 2.28. The van der Waals surface area contributed by atoms with Crippen molar-refractivity contribution < 1.29 is 19.1 Å². The average Bonchev–Trinajstić information content (AvgIpc) is 2.29. The molecule has 0 rings (SSSR count). The molecule has 2 amide bonds. The van der Waals surface area contributed by atoms with Gasteiger partial charge in [-0.1, -0.05) is 27.7 Å². The largest absolute Gasteiger partial charge is 0.444 e. The highest BCUT2D eigenvalue weighted by atomic mass is 16.6. The van der Waals surface area contributed by atoms with Crippen LogP contribution in [0.5, 0.6) is 0 Å². The molecule has 1 unspecified atom stereocenters. The number of alkyl carbamates (subject to hydrolysis) is 1. The molecule has 21 heavy (non-hydrogen) atoms. The second kappa shape index (κ2) is 8.00. The third-order valence-electron chi connectivity index (χ3n) is 2.80. The Morgan fingerprint density at radius 3 is 1.86 bits per heavy atom. The van der Waals surface area contributed by atoms with Crippen molar-refractivity contribution in [3.05, 3.63) is 0 Å². The van der Waals surface area contributed by atoms with Gasteiger partial charge in [-0.25, -0.2) is 4.79 Å².